The van der Waals surface area contributed by atoms with Crippen molar-refractivity contribution in [2.24, 2.45) is 0 Å². The van der Waals surface area contributed by atoms with E-state index in [1.807, 2.05) is 18.2 Å². The number of hydrogen-bond donors (Lipinski definition) is 2. The highest BCUT2D eigenvalue weighted by Gasteiger charge is 2.13. The van der Waals surface area contributed by atoms with Gasteiger partial charge in [0, 0.05) is 29.2 Å². The van der Waals surface area contributed by atoms with Crippen molar-refractivity contribution < 1.29 is 0 Å². The number of rotatable bonds is 4. The summed E-state index contributed by atoms with van der Waals surface area (Å²) in [5.41, 5.74) is 1.06. The Labute approximate surface area is 106 Å². The fraction of sp³-hybridized carbons (Fsp3) is 0.500. The van der Waals surface area contributed by atoms with Gasteiger partial charge in [0.25, 0.3) is 0 Å². The summed E-state index contributed by atoms with van der Waals surface area (Å²) < 4.78 is 0. The number of benzene rings is 1. The largest absolute Gasteiger partial charge is 0.313 e. The van der Waals surface area contributed by atoms with E-state index in [4.69, 9.17) is 23.2 Å². The van der Waals surface area contributed by atoms with Crippen LogP contribution in [0.4, 0.5) is 0 Å². The van der Waals surface area contributed by atoms with Crippen molar-refractivity contribution in [3.05, 3.63) is 33.8 Å². The van der Waals surface area contributed by atoms with Gasteiger partial charge in [-0.2, -0.15) is 0 Å². The Morgan fingerprint density at radius 2 is 2.25 bits per heavy atom. The second kappa shape index (κ2) is 5.87. The van der Waals surface area contributed by atoms with E-state index in [0.29, 0.717) is 6.04 Å². The van der Waals surface area contributed by atoms with Gasteiger partial charge < -0.3 is 10.6 Å². The highest BCUT2D eigenvalue weighted by Crippen LogP contribution is 2.20. The highest BCUT2D eigenvalue weighted by molar-refractivity contribution is 6.33. The molecule has 0 unspecified atom stereocenters. The van der Waals surface area contributed by atoms with Gasteiger partial charge >= 0.3 is 0 Å². The van der Waals surface area contributed by atoms with Gasteiger partial charge in [-0.15, -0.1) is 0 Å². The van der Waals surface area contributed by atoms with Crippen LogP contribution in [0, 0.1) is 0 Å². The van der Waals surface area contributed by atoms with E-state index in [1.165, 1.54) is 12.8 Å². The average Bonchev–Trinajstić information content (AvgIpc) is 2.76. The molecule has 4 heteroatoms. The third-order valence-corrected chi connectivity index (χ3v) is 3.48. The smallest absolute Gasteiger partial charge is 0.0451 e. The molecule has 2 nitrogen and oxygen atoms in total. The summed E-state index contributed by atoms with van der Waals surface area (Å²) in [4.78, 5) is 0. The molecule has 1 saturated heterocycles. The summed E-state index contributed by atoms with van der Waals surface area (Å²) in [5, 5.41) is 8.36. The van der Waals surface area contributed by atoms with Gasteiger partial charge in [0.15, 0.2) is 0 Å². The van der Waals surface area contributed by atoms with Gasteiger partial charge in [0.05, 0.1) is 0 Å². The first-order chi connectivity index (χ1) is 7.75. The first-order valence-corrected chi connectivity index (χ1v) is 6.39. The van der Waals surface area contributed by atoms with Crippen molar-refractivity contribution in [1.29, 1.82) is 0 Å². The molecule has 1 aliphatic heterocycles. The Morgan fingerprint density at radius 3 is 3.00 bits per heavy atom. The maximum atomic E-state index is 6.08. The molecule has 1 fully saturated rings. The van der Waals surface area contributed by atoms with Gasteiger partial charge in [-0.3, -0.25) is 0 Å². The lowest BCUT2D eigenvalue weighted by Gasteiger charge is -2.12. The zero-order chi connectivity index (χ0) is 11.4. The summed E-state index contributed by atoms with van der Waals surface area (Å²) in [7, 11) is 0. The molecule has 88 valence electrons. The predicted molar refractivity (Wildman–Crippen MR) is 69.2 cm³/mol. The fourth-order valence-corrected chi connectivity index (χ4v) is 2.37. The maximum absolute atomic E-state index is 6.08. The fourth-order valence-electron chi connectivity index (χ4n) is 1.99. The molecule has 1 aliphatic rings. The molecule has 1 atom stereocenters. The van der Waals surface area contributed by atoms with Crippen LogP contribution in [-0.2, 0) is 6.54 Å². The van der Waals surface area contributed by atoms with Gasteiger partial charge in [-0.1, -0.05) is 23.2 Å². The molecule has 2 N–H and O–H groups in total. The van der Waals surface area contributed by atoms with E-state index in [9.17, 15) is 0 Å². The van der Waals surface area contributed by atoms with Crippen molar-refractivity contribution in [2.45, 2.75) is 25.4 Å². The van der Waals surface area contributed by atoms with Gasteiger partial charge in [-0.25, -0.2) is 0 Å². The van der Waals surface area contributed by atoms with Crippen LogP contribution in [0.3, 0.4) is 0 Å². The molecule has 0 radical (unpaired) electrons. The molecular weight excluding hydrogens is 243 g/mol. The summed E-state index contributed by atoms with van der Waals surface area (Å²) in [5.74, 6) is 0. The van der Waals surface area contributed by atoms with Crippen LogP contribution in [0.25, 0.3) is 0 Å². The number of halogens is 2. The lowest BCUT2D eigenvalue weighted by Crippen LogP contribution is -2.33. The second-order valence-corrected chi connectivity index (χ2v) is 5.00. The van der Waals surface area contributed by atoms with Crippen molar-refractivity contribution in [3.63, 3.8) is 0 Å². The standard InChI is InChI=1S/C12H16Cl2N2/c13-10-3-4-12(14)9(6-10)7-15-8-11-2-1-5-16-11/h3-4,6,11,15-16H,1-2,5,7-8H2/t11-/m1/s1. The minimum atomic E-state index is 0.609. The molecule has 0 aromatic heterocycles. The van der Waals surface area contributed by atoms with E-state index in [2.05, 4.69) is 10.6 Å². The first kappa shape index (κ1) is 12.2. The Morgan fingerprint density at radius 1 is 1.38 bits per heavy atom. The summed E-state index contributed by atoms with van der Waals surface area (Å²) >= 11 is 12.0. The van der Waals surface area contributed by atoms with Crippen LogP contribution < -0.4 is 10.6 Å². The molecule has 2 rings (SSSR count). The summed E-state index contributed by atoms with van der Waals surface area (Å²) in [6.45, 7) is 2.91. The lowest BCUT2D eigenvalue weighted by molar-refractivity contribution is 0.536. The van der Waals surface area contributed by atoms with Crippen LogP contribution in [-0.4, -0.2) is 19.1 Å². The maximum Gasteiger partial charge on any atom is 0.0451 e. The predicted octanol–water partition coefficient (Wildman–Crippen LogP) is 2.84. The van der Waals surface area contributed by atoms with Gasteiger partial charge in [0.1, 0.15) is 0 Å². The molecule has 0 bridgehead atoms. The van der Waals surface area contributed by atoms with E-state index in [1.54, 1.807) is 0 Å². The van der Waals surface area contributed by atoms with Crippen LogP contribution in [0.5, 0.6) is 0 Å². The van der Waals surface area contributed by atoms with Crippen molar-refractivity contribution in [2.75, 3.05) is 13.1 Å². The normalized spacial score (nSPS) is 20.2. The van der Waals surface area contributed by atoms with E-state index in [0.717, 1.165) is 35.2 Å². The Kier molecular flexibility index (Phi) is 4.47. The molecule has 1 aromatic carbocycles. The molecule has 16 heavy (non-hydrogen) atoms. The number of nitrogens with one attached hydrogen (secondary N) is 2. The zero-order valence-electron chi connectivity index (χ0n) is 9.10. The van der Waals surface area contributed by atoms with E-state index in [-0.39, 0.29) is 0 Å². The van der Waals surface area contributed by atoms with E-state index < -0.39 is 0 Å². The SMILES string of the molecule is Clc1ccc(Cl)c(CNC[C@H]2CCCN2)c1. The second-order valence-electron chi connectivity index (χ2n) is 4.16. The summed E-state index contributed by atoms with van der Waals surface area (Å²) in [6, 6.07) is 6.18. The van der Waals surface area contributed by atoms with Crippen molar-refractivity contribution >= 4 is 23.2 Å². The van der Waals surface area contributed by atoms with Gasteiger partial charge in [0.2, 0.25) is 0 Å². The zero-order valence-corrected chi connectivity index (χ0v) is 10.6. The van der Waals surface area contributed by atoms with Crippen molar-refractivity contribution in [3.8, 4) is 0 Å². The minimum Gasteiger partial charge on any atom is -0.313 e. The molecule has 0 spiro atoms. The quantitative estimate of drug-likeness (QED) is 0.868. The Hall–Kier alpha value is -0.280. The average molecular weight is 259 g/mol. The molecule has 0 saturated carbocycles. The van der Waals surface area contributed by atoms with Crippen LogP contribution in [0.2, 0.25) is 10.0 Å². The lowest BCUT2D eigenvalue weighted by atomic mass is 10.2. The minimum absolute atomic E-state index is 0.609. The Bertz CT molecular complexity index is 349. The van der Waals surface area contributed by atoms with Crippen LogP contribution in [0.15, 0.2) is 18.2 Å². The third-order valence-electron chi connectivity index (χ3n) is 2.88. The molecule has 1 aromatic rings. The monoisotopic (exact) mass is 258 g/mol. The van der Waals surface area contributed by atoms with Crippen LogP contribution >= 0.6 is 23.2 Å². The third kappa shape index (κ3) is 3.36. The highest BCUT2D eigenvalue weighted by atomic mass is 35.5. The van der Waals surface area contributed by atoms with Crippen molar-refractivity contribution in [1.82, 2.24) is 10.6 Å². The number of hydrogen-bond acceptors (Lipinski definition) is 2. The van der Waals surface area contributed by atoms with E-state index >= 15 is 0 Å². The molecule has 0 amide bonds. The first-order valence-electron chi connectivity index (χ1n) is 5.64. The molecule has 0 aliphatic carbocycles. The van der Waals surface area contributed by atoms with Crippen LogP contribution in [0.1, 0.15) is 18.4 Å². The topological polar surface area (TPSA) is 24.1 Å². The molecule has 1 heterocycles. The van der Waals surface area contributed by atoms with Gasteiger partial charge in [-0.05, 0) is 43.1 Å². The molecular formula is C12H16Cl2N2. The Balaban J connectivity index is 1.82. The summed E-state index contributed by atoms with van der Waals surface area (Å²) in [6.07, 6.45) is 2.54.